The molecule has 2 aromatic carbocycles. The van der Waals surface area contributed by atoms with Crippen molar-refractivity contribution in [1.82, 2.24) is 4.90 Å². The van der Waals surface area contributed by atoms with Crippen molar-refractivity contribution in [3.8, 4) is 5.75 Å². The Hall–Kier alpha value is -2.33. The van der Waals surface area contributed by atoms with Gasteiger partial charge in [-0.1, -0.05) is 42.5 Å². The Morgan fingerprint density at radius 1 is 1.04 bits per heavy atom. The molecule has 4 rings (SSSR count). The topological polar surface area (TPSA) is 55.6 Å². The molecule has 0 aromatic heterocycles. The third-order valence-corrected chi connectivity index (χ3v) is 5.52. The molecule has 1 saturated heterocycles. The van der Waals surface area contributed by atoms with Gasteiger partial charge in [0.25, 0.3) is 0 Å². The summed E-state index contributed by atoms with van der Waals surface area (Å²) in [6.07, 6.45) is 2.82. The van der Waals surface area contributed by atoms with Crippen molar-refractivity contribution in [2.75, 3.05) is 13.1 Å². The lowest BCUT2D eigenvalue weighted by Crippen LogP contribution is -2.43. The summed E-state index contributed by atoms with van der Waals surface area (Å²) in [5.41, 5.74) is 8.33. The molecule has 2 unspecified atom stereocenters. The first-order chi connectivity index (χ1) is 12.7. The quantitative estimate of drug-likeness (QED) is 0.900. The predicted molar refractivity (Wildman–Crippen MR) is 102 cm³/mol. The summed E-state index contributed by atoms with van der Waals surface area (Å²) in [5.74, 6) is 1.69. The molecule has 2 aliphatic rings. The number of hydrogen-bond donors (Lipinski definition) is 1. The summed E-state index contributed by atoms with van der Waals surface area (Å²) in [6, 6.07) is 18.6. The zero-order valence-corrected chi connectivity index (χ0v) is 15.0. The molecule has 136 valence electrons. The second kappa shape index (κ2) is 7.50. The van der Waals surface area contributed by atoms with Crippen LogP contribution >= 0.6 is 0 Å². The molecule has 26 heavy (non-hydrogen) atoms. The number of likely N-dealkylation sites (tertiary alicyclic amines) is 1. The summed E-state index contributed by atoms with van der Waals surface area (Å²) in [4.78, 5) is 14.6. The molecule has 1 aliphatic heterocycles. The van der Waals surface area contributed by atoms with E-state index in [1.165, 1.54) is 5.56 Å². The third-order valence-electron chi connectivity index (χ3n) is 5.52. The lowest BCUT2D eigenvalue weighted by molar-refractivity contribution is -0.133. The predicted octanol–water partition coefficient (Wildman–Crippen LogP) is 3.32. The van der Waals surface area contributed by atoms with Gasteiger partial charge in [0, 0.05) is 25.0 Å². The zero-order chi connectivity index (χ0) is 17.9. The van der Waals surface area contributed by atoms with E-state index >= 15 is 0 Å². The van der Waals surface area contributed by atoms with Crippen LogP contribution in [0.15, 0.2) is 54.6 Å². The van der Waals surface area contributed by atoms with Gasteiger partial charge in [0.2, 0.25) is 5.91 Å². The van der Waals surface area contributed by atoms with Crippen molar-refractivity contribution in [2.45, 2.75) is 37.8 Å². The van der Waals surface area contributed by atoms with Gasteiger partial charge in [0.15, 0.2) is 0 Å². The third kappa shape index (κ3) is 3.91. The van der Waals surface area contributed by atoms with E-state index in [4.69, 9.17) is 10.5 Å². The van der Waals surface area contributed by atoms with Crippen molar-refractivity contribution in [2.24, 2.45) is 11.7 Å². The maximum atomic E-state index is 12.6. The minimum absolute atomic E-state index is 0.153. The molecule has 1 aliphatic carbocycles. The summed E-state index contributed by atoms with van der Waals surface area (Å²) in [5, 5.41) is 0. The molecule has 1 saturated carbocycles. The monoisotopic (exact) mass is 350 g/mol. The van der Waals surface area contributed by atoms with Crippen molar-refractivity contribution in [3.63, 3.8) is 0 Å². The van der Waals surface area contributed by atoms with Crippen LogP contribution in [0, 0.1) is 5.92 Å². The van der Waals surface area contributed by atoms with Gasteiger partial charge in [-0.05, 0) is 48.4 Å². The molecule has 2 fully saturated rings. The zero-order valence-electron chi connectivity index (χ0n) is 15.0. The number of amides is 1. The summed E-state index contributed by atoms with van der Waals surface area (Å²) < 4.78 is 5.84. The van der Waals surface area contributed by atoms with Crippen LogP contribution in [0.4, 0.5) is 0 Å². The van der Waals surface area contributed by atoms with Gasteiger partial charge in [-0.25, -0.2) is 0 Å². The molecule has 4 heteroatoms. The van der Waals surface area contributed by atoms with Gasteiger partial charge in [-0.2, -0.15) is 0 Å². The van der Waals surface area contributed by atoms with Crippen LogP contribution in [0.25, 0.3) is 0 Å². The SMILES string of the molecule is NC1CCN(C(=O)C2CC2c2ccc(OCc3ccccc3)cc2)CC1. The van der Waals surface area contributed by atoms with E-state index in [9.17, 15) is 4.79 Å². The van der Waals surface area contributed by atoms with Gasteiger partial charge in [0.1, 0.15) is 12.4 Å². The van der Waals surface area contributed by atoms with Crippen LogP contribution in [-0.4, -0.2) is 29.9 Å². The van der Waals surface area contributed by atoms with Crippen molar-refractivity contribution in [3.05, 3.63) is 65.7 Å². The fourth-order valence-corrected chi connectivity index (χ4v) is 3.74. The van der Waals surface area contributed by atoms with Crippen LogP contribution in [0.1, 0.15) is 36.3 Å². The van der Waals surface area contributed by atoms with Crippen LogP contribution < -0.4 is 10.5 Å². The normalized spacial score (nSPS) is 22.9. The van der Waals surface area contributed by atoms with Crippen molar-refractivity contribution < 1.29 is 9.53 Å². The number of nitrogens with zero attached hydrogens (tertiary/aromatic N) is 1. The standard InChI is InChI=1S/C22H26N2O2/c23-18-10-12-24(13-11-18)22(25)21-14-20(21)17-6-8-19(9-7-17)26-15-16-4-2-1-3-5-16/h1-9,18,20-21H,10-15,23H2. The number of nitrogens with two attached hydrogens (primary N) is 1. The number of carbonyl (C=O) groups is 1. The Balaban J connectivity index is 1.30. The lowest BCUT2D eigenvalue weighted by atomic mass is 10.0. The first-order valence-electron chi connectivity index (χ1n) is 9.52. The van der Waals surface area contributed by atoms with Gasteiger partial charge in [0.05, 0.1) is 0 Å². The van der Waals surface area contributed by atoms with E-state index in [1.54, 1.807) is 0 Å². The van der Waals surface area contributed by atoms with E-state index in [1.807, 2.05) is 35.2 Å². The Kier molecular flexibility index (Phi) is 4.93. The van der Waals surface area contributed by atoms with Gasteiger partial charge < -0.3 is 15.4 Å². The van der Waals surface area contributed by atoms with Gasteiger partial charge in [-0.15, -0.1) is 0 Å². The molecule has 2 N–H and O–H groups in total. The Morgan fingerprint density at radius 3 is 2.42 bits per heavy atom. The van der Waals surface area contributed by atoms with Crippen molar-refractivity contribution in [1.29, 1.82) is 0 Å². The number of carbonyl (C=O) groups excluding carboxylic acids is 1. The fourth-order valence-electron chi connectivity index (χ4n) is 3.74. The largest absolute Gasteiger partial charge is 0.489 e. The molecule has 0 spiro atoms. The highest BCUT2D eigenvalue weighted by molar-refractivity contribution is 5.83. The second-order valence-corrected chi connectivity index (χ2v) is 7.45. The molecule has 2 atom stereocenters. The van der Waals surface area contributed by atoms with Crippen LogP contribution in [0.3, 0.4) is 0 Å². The Bertz CT molecular complexity index is 736. The molecular weight excluding hydrogens is 324 g/mol. The average molecular weight is 350 g/mol. The second-order valence-electron chi connectivity index (χ2n) is 7.45. The highest BCUT2D eigenvalue weighted by Crippen LogP contribution is 2.48. The number of ether oxygens (including phenoxy) is 1. The minimum Gasteiger partial charge on any atom is -0.489 e. The molecule has 1 amide bonds. The molecule has 0 radical (unpaired) electrons. The smallest absolute Gasteiger partial charge is 0.226 e. The van der Waals surface area contributed by atoms with E-state index in [0.717, 1.165) is 43.7 Å². The molecule has 1 heterocycles. The number of benzene rings is 2. The van der Waals surface area contributed by atoms with Crippen molar-refractivity contribution >= 4 is 5.91 Å². The van der Waals surface area contributed by atoms with Crippen LogP contribution in [0.2, 0.25) is 0 Å². The maximum absolute atomic E-state index is 12.6. The first-order valence-corrected chi connectivity index (χ1v) is 9.52. The average Bonchev–Trinajstić information content (AvgIpc) is 3.48. The van der Waals surface area contributed by atoms with E-state index < -0.39 is 0 Å². The molecule has 4 nitrogen and oxygen atoms in total. The lowest BCUT2D eigenvalue weighted by Gasteiger charge is -2.30. The summed E-state index contributed by atoms with van der Waals surface area (Å²) >= 11 is 0. The van der Waals surface area contributed by atoms with Crippen LogP contribution in [-0.2, 0) is 11.4 Å². The van der Waals surface area contributed by atoms with Crippen LogP contribution in [0.5, 0.6) is 5.75 Å². The summed E-state index contributed by atoms with van der Waals surface area (Å²) in [7, 11) is 0. The van der Waals surface area contributed by atoms with E-state index in [0.29, 0.717) is 18.4 Å². The number of hydrogen-bond acceptors (Lipinski definition) is 3. The maximum Gasteiger partial charge on any atom is 0.226 e. The molecule has 2 aromatic rings. The fraction of sp³-hybridized carbons (Fsp3) is 0.409. The van der Waals surface area contributed by atoms with E-state index in [2.05, 4.69) is 24.3 Å². The minimum atomic E-state index is 0.153. The Labute approximate surface area is 155 Å². The molecular formula is C22H26N2O2. The highest BCUT2D eigenvalue weighted by atomic mass is 16.5. The Morgan fingerprint density at radius 2 is 1.73 bits per heavy atom. The summed E-state index contributed by atoms with van der Waals surface area (Å²) in [6.45, 7) is 2.20. The number of rotatable bonds is 5. The van der Waals surface area contributed by atoms with E-state index in [-0.39, 0.29) is 12.0 Å². The number of piperidine rings is 1. The van der Waals surface area contributed by atoms with Gasteiger partial charge in [-0.3, -0.25) is 4.79 Å². The highest BCUT2D eigenvalue weighted by Gasteiger charge is 2.46. The molecule has 0 bridgehead atoms. The first kappa shape index (κ1) is 17.1. The van der Waals surface area contributed by atoms with Gasteiger partial charge >= 0.3 is 0 Å².